The fourth-order valence-corrected chi connectivity index (χ4v) is 1.85. The van der Waals surface area contributed by atoms with E-state index in [1.807, 2.05) is 14.1 Å². The highest BCUT2D eigenvalue weighted by Gasteiger charge is 2.03. The molecule has 0 saturated carbocycles. The van der Waals surface area contributed by atoms with Gasteiger partial charge in [-0.3, -0.25) is 0 Å². The van der Waals surface area contributed by atoms with E-state index >= 15 is 0 Å². The first-order valence-electron chi connectivity index (χ1n) is 6.04. The minimum atomic E-state index is 1.12. The van der Waals surface area contributed by atoms with Crippen molar-refractivity contribution in [1.29, 1.82) is 0 Å². The summed E-state index contributed by atoms with van der Waals surface area (Å²) >= 11 is 0. The van der Waals surface area contributed by atoms with Gasteiger partial charge in [0.1, 0.15) is 0 Å². The third-order valence-corrected chi connectivity index (χ3v) is 3.09. The van der Waals surface area contributed by atoms with Crippen LogP contribution in [0.25, 0.3) is 0 Å². The second-order valence-corrected chi connectivity index (χ2v) is 4.15. The van der Waals surface area contributed by atoms with Crippen molar-refractivity contribution in [2.75, 3.05) is 36.7 Å². The number of nitrogens with zero attached hydrogens (tertiary/aromatic N) is 1. The van der Waals surface area contributed by atoms with E-state index in [1.54, 1.807) is 0 Å². The van der Waals surface area contributed by atoms with Gasteiger partial charge in [-0.1, -0.05) is 0 Å². The summed E-state index contributed by atoms with van der Waals surface area (Å²) < 4.78 is 0. The van der Waals surface area contributed by atoms with Gasteiger partial charge in [0, 0.05) is 43.9 Å². The van der Waals surface area contributed by atoms with E-state index < -0.39 is 0 Å². The Kier molecular flexibility index (Phi) is 3.72. The first-order chi connectivity index (χ1) is 8.74. The summed E-state index contributed by atoms with van der Waals surface area (Å²) in [5.41, 5.74) is 4.59. The second kappa shape index (κ2) is 5.45. The fourth-order valence-electron chi connectivity index (χ4n) is 1.85. The van der Waals surface area contributed by atoms with Crippen LogP contribution in [0, 0.1) is 0 Å². The molecule has 0 aliphatic rings. The molecule has 0 spiro atoms. The molecular formula is C15H19N3. The van der Waals surface area contributed by atoms with Gasteiger partial charge in [-0.15, -0.1) is 0 Å². The van der Waals surface area contributed by atoms with Crippen molar-refractivity contribution in [3.05, 3.63) is 48.5 Å². The molecule has 0 fully saturated rings. The SMILES string of the molecule is CNc1ccc(N(C)c2ccc(NC)cc2)cc1. The number of hydrogen-bond donors (Lipinski definition) is 2. The van der Waals surface area contributed by atoms with Crippen molar-refractivity contribution in [3.8, 4) is 0 Å². The Bertz CT molecular complexity index is 441. The molecule has 0 atom stereocenters. The molecule has 3 heteroatoms. The first kappa shape index (κ1) is 12.3. The van der Waals surface area contributed by atoms with Crippen LogP contribution >= 0.6 is 0 Å². The zero-order valence-corrected chi connectivity index (χ0v) is 11.1. The van der Waals surface area contributed by atoms with Crippen molar-refractivity contribution >= 4 is 22.7 Å². The Balaban J connectivity index is 2.20. The molecule has 0 aliphatic carbocycles. The fraction of sp³-hybridized carbons (Fsp3) is 0.200. The molecule has 2 rings (SSSR count). The van der Waals surface area contributed by atoms with Crippen LogP contribution in [0.1, 0.15) is 0 Å². The van der Waals surface area contributed by atoms with E-state index in [0.29, 0.717) is 0 Å². The lowest BCUT2D eigenvalue weighted by molar-refractivity contribution is 1.21. The number of nitrogens with one attached hydrogen (secondary N) is 2. The van der Waals surface area contributed by atoms with E-state index in [-0.39, 0.29) is 0 Å². The summed E-state index contributed by atoms with van der Waals surface area (Å²) in [6, 6.07) is 16.7. The Labute approximate surface area is 108 Å². The van der Waals surface area contributed by atoms with Gasteiger partial charge in [-0.2, -0.15) is 0 Å². The van der Waals surface area contributed by atoms with Crippen molar-refractivity contribution < 1.29 is 0 Å². The maximum absolute atomic E-state index is 3.12. The predicted molar refractivity (Wildman–Crippen MR) is 80.0 cm³/mol. The highest BCUT2D eigenvalue weighted by atomic mass is 15.1. The summed E-state index contributed by atoms with van der Waals surface area (Å²) in [6.45, 7) is 0. The smallest absolute Gasteiger partial charge is 0.0409 e. The minimum absolute atomic E-state index is 1.12. The molecule has 18 heavy (non-hydrogen) atoms. The zero-order chi connectivity index (χ0) is 13.0. The maximum atomic E-state index is 3.12. The molecule has 0 bridgehead atoms. The first-order valence-corrected chi connectivity index (χ1v) is 6.04. The molecule has 94 valence electrons. The molecule has 0 heterocycles. The lowest BCUT2D eigenvalue weighted by Crippen LogP contribution is -2.09. The third-order valence-electron chi connectivity index (χ3n) is 3.09. The third kappa shape index (κ3) is 2.56. The van der Waals surface area contributed by atoms with Crippen molar-refractivity contribution in [2.45, 2.75) is 0 Å². The largest absolute Gasteiger partial charge is 0.388 e. The van der Waals surface area contributed by atoms with E-state index in [2.05, 4.69) is 71.1 Å². The van der Waals surface area contributed by atoms with Gasteiger partial charge in [0.15, 0.2) is 0 Å². The summed E-state index contributed by atoms with van der Waals surface area (Å²) in [5, 5.41) is 6.24. The average Bonchev–Trinajstić information content (AvgIpc) is 2.47. The summed E-state index contributed by atoms with van der Waals surface area (Å²) in [4.78, 5) is 2.17. The van der Waals surface area contributed by atoms with E-state index in [4.69, 9.17) is 0 Å². The minimum Gasteiger partial charge on any atom is -0.388 e. The summed E-state index contributed by atoms with van der Waals surface area (Å²) in [5.74, 6) is 0. The van der Waals surface area contributed by atoms with Gasteiger partial charge in [0.2, 0.25) is 0 Å². The van der Waals surface area contributed by atoms with E-state index in [0.717, 1.165) is 11.4 Å². The van der Waals surface area contributed by atoms with Gasteiger partial charge < -0.3 is 15.5 Å². The van der Waals surface area contributed by atoms with Crippen LogP contribution in [0.5, 0.6) is 0 Å². The van der Waals surface area contributed by atoms with Gasteiger partial charge in [0.25, 0.3) is 0 Å². The maximum Gasteiger partial charge on any atom is 0.0409 e. The summed E-state index contributed by atoms with van der Waals surface area (Å²) in [7, 11) is 5.92. The van der Waals surface area contributed by atoms with Gasteiger partial charge >= 0.3 is 0 Å². The predicted octanol–water partition coefficient (Wildman–Crippen LogP) is 3.54. The van der Waals surface area contributed by atoms with Crippen LogP contribution < -0.4 is 15.5 Å². The summed E-state index contributed by atoms with van der Waals surface area (Å²) in [6.07, 6.45) is 0. The molecule has 0 aliphatic heterocycles. The molecule has 0 saturated heterocycles. The number of rotatable bonds is 4. The Morgan fingerprint density at radius 1 is 0.667 bits per heavy atom. The highest BCUT2D eigenvalue weighted by Crippen LogP contribution is 2.25. The second-order valence-electron chi connectivity index (χ2n) is 4.15. The molecule has 0 aromatic heterocycles. The quantitative estimate of drug-likeness (QED) is 0.857. The number of anilines is 4. The highest BCUT2D eigenvalue weighted by molar-refractivity contribution is 5.66. The molecule has 3 nitrogen and oxygen atoms in total. The van der Waals surface area contributed by atoms with Crippen molar-refractivity contribution in [2.24, 2.45) is 0 Å². The van der Waals surface area contributed by atoms with Crippen LogP contribution in [0.2, 0.25) is 0 Å². The zero-order valence-electron chi connectivity index (χ0n) is 11.1. The lowest BCUT2D eigenvalue weighted by atomic mass is 10.2. The van der Waals surface area contributed by atoms with Crippen LogP contribution in [-0.4, -0.2) is 21.1 Å². The monoisotopic (exact) mass is 241 g/mol. The van der Waals surface area contributed by atoms with Crippen LogP contribution in [0.15, 0.2) is 48.5 Å². The van der Waals surface area contributed by atoms with E-state index in [9.17, 15) is 0 Å². The van der Waals surface area contributed by atoms with Crippen LogP contribution in [-0.2, 0) is 0 Å². The van der Waals surface area contributed by atoms with Gasteiger partial charge in [-0.25, -0.2) is 0 Å². The normalized spacial score (nSPS) is 9.94. The van der Waals surface area contributed by atoms with E-state index in [1.165, 1.54) is 11.4 Å². The van der Waals surface area contributed by atoms with Crippen molar-refractivity contribution in [1.82, 2.24) is 0 Å². The Morgan fingerprint density at radius 2 is 1.00 bits per heavy atom. The average molecular weight is 241 g/mol. The lowest BCUT2D eigenvalue weighted by Gasteiger charge is -2.20. The van der Waals surface area contributed by atoms with Crippen molar-refractivity contribution in [3.63, 3.8) is 0 Å². The molecular weight excluding hydrogens is 222 g/mol. The van der Waals surface area contributed by atoms with Gasteiger partial charge in [0.05, 0.1) is 0 Å². The van der Waals surface area contributed by atoms with Crippen LogP contribution in [0.4, 0.5) is 22.7 Å². The standard InChI is InChI=1S/C15H19N3/c1-16-12-4-8-14(9-5-12)18(3)15-10-6-13(17-2)7-11-15/h4-11,16-17H,1-3H3. The molecule has 2 N–H and O–H groups in total. The molecule has 2 aromatic carbocycles. The number of benzene rings is 2. The topological polar surface area (TPSA) is 27.3 Å². The Hall–Kier alpha value is -2.16. The van der Waals surface area contributed by atoms with Crippen LogP contribution in [0.3, 0.4) is 0 Å². The Morgan fingerprint density at radius 3 is 1.28 bits per heavy atom. The van der Waals surface area contributed by atoms with Gasteiger partial charge in [-0.05, 0) is 48.5 Å². The molecule has 0 radical (unpaired) electrons. The number of hydrogen-bond acceptors (Lipinski definition) is 3. The molecule has 2 aromatic rings. The molecule has 0 amide bonds. The molecule has 0 unspecified atom stereocenters.